The molecule has 4 N–H and O–H groups in total. The molecule has 1 saturated heterocycles. The zero-order valence-corrected chi connectivity index (χ0v) is 9.50. The van der Waals surface area contributed by atoms with Gasteiger partial charge < -0.3 is 20.8 Å². The lowest BCUT2D eigenvalue weighted by molar-refractivity contribution is 0.145. The van der Waals surface area contributed by atoms with Gasteiger partial charge >= 0.3 is 0 Å². The molecule has 0 radical (unpaired) electrons. The molecule has 0 aliphatic carbocycles. The molecular formula is C11H19N3O2. The zero-order chi connectivity index (χ0) is 12.0. The highest BCUT2D eigenvalue weighted by molar-refractivity contribution is 5.62. The summed E-state index contributed by atoms with van der Waals surface area (Å²) in [6.07, 6.45) is 3.19. The highest BCUT2D eigenvalue weighted by atomic mass is 16.3. The molecule has 0 unspecified atom stereocenters. The lowest BCUT2D eigenvalue weighted by Gasteiger charge is -2.31. The molecule has 0 amide bonds. The van der Waals surface area contributed by atoms with E-state index in [0.29, 0.717) is 5.69 Å². The van der Waals surface area contributed by atoms with Gasteiger partial charge in [-0.2, -0.15) is 0 Å². The highest BCUT2D eigenvalue weighted by Gasteiger charge is 2.19. The SMILES string of the molecule is CO.Nc1cccnc1N1CCC(O)CC1. The number of hydrogen-bond donors (Lipinski definition) is 3. The van der Waals surface area contributed by atoms with Crippen molar-refractivity contribution in [3.63, 3.8) is 0 Å². The predicted molar refractivity (Wildman–Crippen MR) is 64.2 cm³/mol. The summed E-state index contributed by atoms with van der Waals surface area (Å²) >= 11 is 0. The number of aliphatic hydroxyl groups is 2. The second kappa shape index (κ2) is 6.30. The van der Waals surface area contributed by atoms with Gasteiger partial charge in [0, 0.05) is 26.4 Å². The van der Waals surface area contributed by atoms with Crippen molar-refractivity contribution in [3.05, 3.63) is 18.3 Å². The first kappa shape index (κ1) is 12.7. The molecule has 1 aliphatic rings. The third kappa shape index (κ3) is 3.08. The zero-order valence-electron chi connectivity index (χ0n) is 9.50. The van der Waals surface area contributed by atoms with Crippen molar-refractivity contribution in [2.45, 2.75) is 18.9 Å². The fraction of sp³-hybridized carbons (Fsp3) is 0.545. The predicted octanol–water partition coefficient (Wildman–Crippen LogP) is 0.233. The molecule has 0 bridgehead atoms. The molecule has 1 aliphatic heterocycles. The molecule has 0 saturated carbocycles. The molecular weight excluding hydrogens is 206 g/mol. The van der Waals surface area contributed by atoms with Gasteiger partial charge in [-0.25, -0.2) is 4.98 Å². The maximum absolute atomic E-state index is 9.36. The number of piperidine rings is 1. The van der Waals surface area contributed by atoms with Crippen LogP contribution in [-0.4, -0.2) is 41.5 Å². The Bertz CT molecular complexity index is 312. The van der Waals surface area contributed by atoms with Crippen LogP contribution in [0.4, 0.5) is 11.5 Å². The van der Waals surface area contributed by atoms with E-state index in [9.17, 15) is 5.11 Å². The van der Waals surface area contributed by atoms with Gasteiger partial charge in [0.15, 0.2) is 5.82 Å². The minimum atomic E-state index is -0.156. The monoisotopic (exact) mass is 225 g/mol. The summed E-state index contributed by atoms with van der Waals surface area (Å²) in [6.45, 7) is 1.67. The number of rotatable bonds is 1. The Hall–Kier alpha value is -1.33. The van der Waals surface area contributed by atoms with E-state index in [4.69, 9.17) is 10.8 Å². The standard InChI is InChI=1S/C10H15N3O.CH4O/c11-9-2-1-5-12-10(9)13-6-3-8(14)4-7-13;1-2/h1-2,5,8,14H,3-4,6-7,11H2;2H,1H3. The summed E-state index contributed by atoms with van der Waals surface area (Å²) in [4.78, 5) is 6.37. The molecule has 1 fully saturated rings. The number of pyridine rings is 1. The van der Waals surface area contributed by atoms with Gasteiger partial charge in [0.25, 0.3) is 0 Å². The Morgan fingerprint density at radius 2 is 2.00 bits per heavy atom. The van der Waals surface area contributed by atoms with Crippen LogP contribution in [0.25, 0.3) is 0 Å². The van der Waals surface area contributed by atoms with E-state index < -0.39 is 0 Å². The normalized spacial score (nSPS) is 16.6. The van der Waals surface area contributed by atoms with Crippen LogP contribution < -0.4 is 10.6 Å². The Morgan fingerprint density at radius 1 is 1.38 bits per heavy atom. The fourth-order valence-electron chi connectivity index (χ4n) is 1.75. The Balaban J connectivity index is 0.000000606. The fourth-order valence-corrected chi connectivity index (χ4v) is 1.75. The second-order valence-corrected chi connectivity index (χ2v) is 3.63. The van der Waals surface area contributed by atoms with Gasteiger partial charge in [-0.1, -0.05) is 0 Å². The second-order valence-electron chi connectivity index (χ2n) is 3.63. The van der Waals surface area contributed by atoms with E-state index in [0.717, 1.165) is 38.9 Å². The summed E-state index contributed by atoms with van der Waals surface area (Å²) in [7, 11) is 1.00. The van der Waals surface area contributed by atoms with Crippen molar-refractivity contribution in [2.75, 3.05) is 30.8 Å². The topological polar surface area (TPSA) is 82.6 Å². The van der Waals surface area contributed by atoms with Crippen LogP contribution in [0.5, 0.6) is 0 Å². The summed E-state index contributed by atoms with van der Waals surface area (Å²) in [5.74, 6) is 0.847. The van der Waals surface area contributed by atoms with Gasteiger partial charge in [0.1, 0.15) is 0 Å². The largest absolute Gasteiger partial charge is 0.400 e. The van der Waals surface area contributed by atoms with E-state index in [1.165, 1.54) is 0 Å². The summed E-state index contributed by atoms with van der Waals surface area (Å²) in [5, 5.41) is 16.4. The summed E-state index contributed by atoms with van der Waals surface area (Å²) in [5.41, 5.74) is 6.53. The number of nitrogens with two attached hydrogens (primary N) is 1. The van der Waals surface area contributed by atoms with Crippen LogP contribution in [0.15, 0.2) is 18.3 Å². The first-order valence-electron chi connectivity index (χ1n) is 5.35. The maximum Gasteiger partial charge on any atom is 0.151 e. The van der Waals surface area contributed by atoms with Crippen LogP contribution in [0, 0.1) is 0 Å². The molecule has 0 atom stereocenters. The van der Waals surface area contributed by atoms with Gasteiger partial charge in [-0.05, 0) is 25.0 Å². The lowest BCUT2D eigenvalue weighted by Crippen LogP contribution is -2.36. The average Bonchev–Trinajstić information content (AvgIpc) is 2.34. The van der Waals surface area contributed by atoms with E-state index in [1.54, 1.807) is 6.20 Å². The molecule has 2 rings (SSSR count). The Morgan fingerprint density at radius 3 is 2.56 bits per heavy atom. The number of aliphatic hydroxyl groups excluding tert-OH is 2. The Kier molecular flexibility index (Phi) is 5.01. The van der Waals surface area contributed by atoms with Crippen molar-refractivity contribution < 1.29 is 10.2 Å². The number of hydrogen-bond acceptors (Lipinski definition) is 5. The van der Waals surface area contributed by atoms with Gasteiger partial charge in [0.2, 0.25) is 0 Å². The van der Waals surface area contributed by atoms with E-state index in [2.05, 4.69) is 9.88 Å². The van der Waals surface area contributed by atoms with Crippen LogP contribution >= 0.6 is 0 Å². The van der Waals surface area contributed by atoms with Gasteiger partial charge in [0.05, 0.1) is 11.8 Å². The molecule has 2 heterocycles. The van der Waals surface area contributed by atoms with Crippen molar-refractivity contribution in [3.8, 4) is 0 Å². The average molecular weight is 225 g/mol. The van der Waals surface area contributed by atoms with Crippen LogP contribution in [0.2, 0.25) is 0 Å². The van der Waals surface area contributed by atoms with Crippen LogP contribution in [0.3, 0.4) is 0 Å². The molecule has 5 heteroatoms. The van der Waals surface area contributed by atoms with Crippen LogP contribution in [-0.2, 0) is 0 Å². The van der Waals surface area contributed by atoms with E-state index in [1.807, 2.05) is 12.1 Å². The first-order chi connectivity index (χ1) is 7.77. The summed E-state index contributed by atoms with van der Waals surface area (Å²) < 4.78 is 0. The molecule has 0 aromatic carbocycles. The molecule has 90 valence electrons. The number of aromatic nitrogens is 1. The Labute approximate surface area is 95.5 Å². The smallest absolute Gasteiger partial charge is 0.151 e. The van der Waals surface area contributed by atoms with Gasteiger partial charge in [-0.15, -0.1) is 0 Å². The molecule has 1 aromatic heterocycles. The quantitative estimate of drug-likeness (QED) is 0.637. The third-order valence-electron chi connectivity index (χ3n) is 2.58. The molecule has 16 heavy (non-hydrogen) atoms. The van der Waals surface area contributed by atoms with Gasteiger partial charge in [-0.3, -0.25) is 0 Å². The van der Waals surface area contributed by atoms with E-state index >= 15 is 0 Å². The maximum atomic E-state index is 9.36. The molecule has 0 spiro atoms. The van der Waals surface area contributed by atoms with Crippen molar-refractivity contribution in [2.24, 2.45) is 0 Å². The minimum absolute atomic E-state index is 0.156. The van der Waals surface area contributed by atoms with E-state index in [-0.39, 0.29) is 6.10 Å². The molecule has 1 aromatic rings. The highest BCUT2D eigenvalue weighted by Crippen LogP contribution is 2.22. The van der Waals surface area contributed by atoms with Crippen molar-refractivity contribution in [1.82, 2.24) is 4.98 Å². The van der Waals surface area contributed by atoms with Crippen molar-refractivity contribution >= 4 is 11.5 Å². The number of nitrogen functional groups attached to an aromatic ring is 1. The minimum Gasteiger partial charge on any atom is -0.400 e. The number of anilines is 2. The first-order valence-corrected chi connectivity index (χ1v) is 5.35. The summed E-state index contributed by atoms with van der Waals surface area (Å²) in [6, 6.07) is 3.69. The molecule has 5 nitrogen and oxygen atoms in total. The number of nitrogens with zero attached hydrogens (tertiary/aromatic N) is 2. The van der Waals surface area contributed by atoms with Crippen LogP contribution in [0.1, 0.15) is 12.8 Å². The lowest BCUT2D eigenvalue weighted by atomic mass is 10.1. The third-order valence-corrected chi connectivity index (χ3v) is 2.58. The van der Waals surface area contributed by atoms with Crippen molar-refractivity contribution in [1.29, 1.82) is 0 Å².